The molecule has 0 spiro atoms. The largest absolute Gasteiger partial charge is 0.378 e. The number of anilines is 3. The molecule has 2 aromatic heterocycles. The van der Waals surface area contributed by atoms with Crippen molar-refractivity contribution in [2.45, 2.75) is 13.0 Å². The van der Waals surface area contributed by atoms with Crippen molar-refractivity contribution in [3.05, 3.63) is 85.3 Å². The van der Waals surface area contributed by atoms with Gasteiger partial charge >= 0.3 is 0 Å². The van der Waals surface area contributed by atoms with E-state index in [0.717, 1.165) is 41.5 Å². The molecule has 3 heterocycles. The number of nitrogens with one attached hydrogen (secondary N) is 2. The number of carbonyl (C=O) groups excluding carboxylic acids is 1. The van der Waals surface area contributed by atoms with E-state index < -0.39 is 6.04 Å². The maximum Gasteiger partial charge on any atom is 0.247 e. The van der Waals surface area contributed by atoms with E-state index in [4.69, 9.17) is 4.74 Å². The van der Waals surface area contributed by atoms with Crippen LogP contribution in [0.3, 0.4) is 0 Å². The second-order valence-electron chi connectivity index (χ2n) is 8.40. The zero-order valence-electron chi connectivity index (χ0n) is 19.6. The van der Waals surface area contributed by atoms with Crippen molar-refractivity contribution in [2.75, 3.05) is 41.8 Å². The molecular formula is C27H28N6O2. The number of aromatic nitrogens is 3. The summed E-state index contributed by atoms with van der Waals surface area (Å²) in [6, 6.07) is 21.3. The summed E-state index contributed by atoms with van der Waals surface area (Å²) in [6.07, 6.45) is 5.53. The quantitative estimate of drug-likeness (QED) is 0.423. The van der Waals surface area contributed by atoms with Crippen LogP contribution in [-0.2, 0) is 9.53 Å². The summed E-state index contributed by atoms with van der Waals surface area (Å²) in [5.41, 5.74) is 3.96. The number of morpholine rings is 1. The summed E-state index contributed by atoms with van der Waals surface area (Å²) in [5.74, 6) is 1.28. The van der Waals surface area contributed by atoms with Gasteiger partial charge in [-0.2, -0.15) is 0 Å². The fourth-order valence-corrected chi connectivity index (χ4v) is 4.03. The van der Waals surface area contributed by atoms with Crippen molar-refractivity contribution >= 4 is 23.4 Å². The van der Waals surface area contributed by atoms with Crippen molar-refractivity contribution in [1.29, 1.82) is 0 Å². The van der Waals surface area contributed by atoms with Crippen LogP contribution in [-0.4, -0.2) is 52.8 Å². The van der Waals surface area contributed by atoms with E-state index in [1.807, 2.05) is 86.0 Å². The zero-order valence-corrected chi connectivity index (χ0v) is 19.6. The highest BCUT2D eigenvalue weighted by Gasteiger charge is 2.17. The Morgan fingerprint density at radius 3 is 2.43 bits per heavy atom. The third-order valence-electron chi connectivity index (χ3n) is 5.96. The predicted octanol–water partition coefficient (Wildman–Crippen LogP) is 4.21. The molecule has 35 heavy (non-hydrogen) atoms. The van der Waals surface area contributed by atoms with Crippen LogP contribution in [0, 0.1) is 0 Å². The molecule has 8 nitrogen and oxygen atoms in total. The van der Waals surface area contributed by atoms with Crippen LogP contribution in [0.1, 0.15) is 6.92 Å². The van der Waals surface area contributed by atoms with Crippen molar-refractivity contribution in [3.8, 4) is 16.8 Å². The monoisotopic (exact) mass is 468 g/mol. The fourth-order valence-electron chi connectivity index (χ4n) is 4.03. The lowest BCUT2D eigenvalue weighted by Crippen LogP contribution is -2.37. The molecule has 2 aromatic carbocycles. The molecule has 1 aliphatic rings. The molecule has 1 fully saturated rings. The molecule has 5 rings (SSSR count). The Morgan fingerprint density at radius 1 is 0.943 bits per heavy atom. The first-order chi connectivity index (χ1) is 17.2. The highest BCUT2D eigenvalue weighted by Crippen LogP contribution is 2.22. The van der Waals surface area contributed by atoms with Crippen LogP contribution < -0.4 is 15.5 Å². The van der Waals surface area contributed by atoms with Gasteiger partial charge in [0.15, 0.2) is 0 Å². The van der Waals surface area contributed by atoms with Gasteiger partial charge in [0.2, 0.25) is 11.9 Å². The number of hydrogen-bond donors (Lipinski definition) is 2. The average molecular weight is 469 g/mol. The summed E-state index contributed by atoms with van der Waals surface area (Å²) < 4.78 is 7.52. The molecule has 8 heteroatoms. The minimum Gasteiger partial charge on any atom is -0.378 e. The number of benzene rings is 2. The van der Waals surface area contributed by atoms with Crippen LogP contribution >= 0.6 is 0 Å². The van der Waals surface area contributed by atoms with Gasteiger partial charge in [0.05, 0.1) is 13.2 Å². The summed E-state index contributed by atoms with van der Waals surface area (Å²) in [4.78, 5) is 23.9. The number of pyridine rings is 1. The van der Waals surface area contributed by atoms with Gasteiger partial charge in [0.1, 0.15) is 11.9 Å². The molecule has 0 bridgehead atoms. The number of ether oxygens (including phenoxy) is 1. The average Bonchev–Trinajstić information content (AvgIpc) is 3.41. The van der Waals surface area contributed by atoms with Gasteiger partial charge in [-0.05, 0) is 48.9 Å². The van der Waals surface area contributed by atoms with E-state index in [1.54, 1.807) is 6.20 Å². The van der Waals surface area contributed by atoms with E-state index >= 15 is 0 Å². The maximum absolute atomic E-state index is 12.7. The number of amides is 1. The molecule has 0 aliphatic carbocycles. The van der Waals surface area contributed by atoms with E-state index in [0.29, 0.717) is 19.0 Å². The molecule has 0 saturated carbocycles. The smallest absolute Gasteiger partial charge is 0.247 e. The molecule has 1 atom stereocenters. The molecule has 1 saturated heterocycles. The first-order valence-corrected chi connectivity index (χ1v) is 11.7. The first kappa shape index (κ1) is 22.6. The minimum absolute atomic E-state index is 0.154. The lowest BCUT2D eigenvalue weighted by molar-refractivity contribution is -0.116. The molecule has 4 aromatic rings. The number of hydrogen-bond acceptors (Lipinski definition) is 6. The minimum atomic E-state index is -0.436. The Hall–Kier alpha value is -4.17. The molecule has 1 unspecified atom stereocenters. The maximum atomic E-state index is 12.7. The molecule has 2 N–H and O–H groups in total. The molecule has 0 radical (unpaired) electrons. The van der Waals surface area contributed by atoms with Gasteiger partial charge < -0.3 is 20.3 Å². The SMILES string of the molecule is CC(Nc1ccc(-n2ccnc2N2CCOCC2)cc1)C(=O)Nc1ccc(-c2ccccc2)cn1. The fraction of sp³-hybridized carbons (Fsp3) is 0.222. The first-order valence-electron chi connectivity index (χ1n) is 11.7. The van der Waals surface area contributed by atoms with Gasteiger partial charge in [-0.3, -0.25) is 9.36 Å². The van der Waals surface area contributed by atoms with Gasteiger partial charge in [-0.25, -0.2) is 9.97 Å². The number of carbonyl (C=O) groups is 1. The molecule has 1 amide bonds. The van der Waals surface area contributed by atoms with Gasteiger partial charge in [-0.15, -0.1) is 0 Å². The van der Waals surface area contributed by atoms with Gasteiger partial charge in [0.25, 0.3) is 0 Å². The van der Waals surface area contributed by atoms with E-state index in [1.165, 1.54) is 0 Å². The Bertz CT molecular complexity index is 1250. The number of rotatable bonds is 7. The summed E-state index contributed by atoms with van der Waals surface area (Å²) in [6.45, 7) is 4.90. The number of nitrogens with zero attached hydrogens (tertiary/aromatic N) is 4. The topological polar surface area (TPSA) is 84.3 Å². The third kappa shape index (κ3) is 5.33. The Morgan fingerprint density at radius 2 is 1.71 bits per heavy atom. The van der Waals surface area contributed by atoms with E-state index in [9.17, 15) is 4.79 Å². The van der Waals surface area contributed by atoms with Crippen LogP contribution in [0.25, 0.3) is 16.8 Å². The second-order valence-corrected chi connectivity index (χ2v) is 8.40. The molecule has 178 valence electrons. The predicted molar refractivity (Wildman–Crippen MR) is 138 cm³/mol. The summed E-state index contributed by atoms with van der Waals surface area (Å²) >= 11 is 0. The van der Waals surface area contributed by atoms with E-state index in [-0.39, 0.29) is 5.91 Å². The number of imidazole rings is 1. The van der Waals surface area contributed by atoms with Gasteiger partial charge in [-0.1, -0.05) is 30.3 Å². The molecule has 1 aliphatic heterocycles. The van der Waals surface area contributed by atoms with Crippen LogP contribution in [0.2, 0.25) is 0 Å². The second kappa shape index (κ2) is 10.4. The third-order valence-corrected chi connectivity index (χ3v) is 5.96. The van der Waals surface area contributed by atoms with Crippen molar-refractivity contribution in [3.63, 3.8) is 0 Å². The highest BCUT2D eigenvalue weighted by atomic mass is 16.5. The Kier molecular flexibility index (Phi) is 6.72. The van der Waals surface area contributed by atoms with E-state index in [2.05, 4.69) is 30.1 Å². The summed E-state index contributed by atoms with van der Waals surface area (Å²) in [7, 11) is 0. The zero-order chi connectivity index (χ0) is 24.0. The summed E-state index contributed by atoms with van der Waals surface area (Å²) in [5, 5.41) is 6.14. The highest BCUT2D eigenvalue weighted by molar-refractivity contribution is 5.95. The lowest BCUT2D eigenvalue weighted by Gasteiger charge is -2.28. The Labute approximate surface area is 204 Å². The lowest BCUT2D eigenvalue weighted by atomic mass is 10.1. The normalized spacial score (nSPS) is 14.4. The van der Waals surface area contributed by atoms with Crippen LogP contribution in [0.5, 0.6) is 0 Å². The van der Waals surface area contributed by atoms with Crippen molar-refractivity contribution in [2.24, 2.45) is 0 Å². The van der Waals surface area contributed by atoms with Crippen molar-refractivity contribution in [1.82, 2.24) is 14.5 Å². The van der Waals surface area contributed by atoms with Crippen LogP contribution in [0.15, 0.2) is 85.3 Å². The molecular weight excluding hydrogens is 440 g/mol. The van der Waals surface area contributed by atoms with Crippen molar-refractivity contribution < 1.29 is 9.53 Å². The van der Waals surface area contributed by atoms with Crippen LogP contribution in [0.4, 0.5) is 17.5 Å². The Balaban J connectivity index is 1.19. The standard InChI is InChI=1S/C27H28N6O2/c1-20(26(34)31-25-12-7-22(19-29-25)21-5-3-2-4-6-21)30-23-8-10-24(11-9-23)33-14-13-28-27(33)32-15-17-35-18-16-32/h2-14,19-20,30H,15-18H2,1H3,(H,29,31,34). The van der Waals surface area contributed by atoms with Gasteiger partial charge in [0, 0.05) is 48.6 Å².